The van der Waals surface area contributed by atoms with Crippen LogP contribution in [0.15, 0.2) is 66.7 Å². The second kappa shape index (κ2) is 16.2. The third kappa shape index (κ3) is 7.68. The summed E-state index contributed by atoms with van der Waals surface area (Å²) >= 11 is 1.04. The number of hydrogen-bond donors (Lipinski definition) is 5. The van der Waals surface area contributed by atoms with E-state index in [4.69, 9.17) is 0 Å². The zero-order valence-corrected chi connectivity index (χ0v) is 38.2. The summed E-state index contributed by atoms with van der Waals surface area (Å²) in [6, 6.07) is 20.9. The van der Waals surface area contributed by atoms with E-state index in [1.54, 1.807) is 16.1 Å². The number of aromatic carboxylic acids is 1. The van der Waals surface area contributed by atoms with Crippen LogP contribution in [0.2, 0.25) is 0 Å². The summed E-state index contributed by atoms with van der Waals surface area (Å²) in [6.07, 6.45) is 5.13. The van der Waals surface area contributed by atoms with Gasteiger partial charge in [0.25, 0.3) is 5.91 Å². The number of nitrogens with one attached hydrogen (secondary N) is 3. The molecular weight excluding hydrogens is 865 g/mol. The molecule has 2 unspecified atom stereocenters. The first kappa shape index (κ1) is 43.0. The Morgan fingerprint density at radius 3 is 2.46 bits per heavy atom. The molecule has 10 rings (SSSR count). The van der Waals surface area contributed by atoms with E-state index in [9.17, 15) is 37.8 Å². The highest BCUT2D eigenvalue weighted by atomic mass is 32.2. The average Bonchev–Trinajstić information content (AvgIpc) is 3.92. The van der Waals surface area contributed by atoms with Crippen molar-refractivity contribution in [2.45, 2.75) is 95.5 Å². The SMILES string of the molecule is Cc1c(-c2cccc(NC3CCN(S(=O)(=O)Cc4ccc5cc(N6CCC(C7=c8cccc9c8=C(CC7)N(C7CCC(=O)NC7=O)C9=O)CC6)[nH]c5c4)C(C)(C)C3)c2)sc(C(=O)O)c1O. The van der Waals surface area contributed by atoms with Gasteiger partial charge in [0.2, 0.25) is 21.8 Å². The maximum atomic E-state index is 14.1. The van der Waals surface area contributed by atoms with Crippen molar-refractivity contribution in [2.24, 2.45) is 5.92 Å². The molecule has 3 fully saturated rings. The van der Waals surface area contributed by atoms with E-state index >= 15 is 0 Å². The number of hydrogen-bond acceptors (Lipinski definition) is 10. The number of H-pyrrole nitrogens is 1. The number of aromatic amines is 1. The zero-order chi connectivity index (χ0) is 45.5. The fourth-order valence-electron chi connectivity index (χ4n) is 11.1. The largest absolute Gasteiger partial charge is 0.506 e. The van der Waals surface area contributed by atoms with Gasteiger partial charge in [0, 0.05) is 81.1 Å². The number of nitrogens with zero attached hydrogens (tertiary/aromatic N) is 3. The fourth-order valence-corrected chi connectivity index (χ4v) is 14.1. The second-order valence-electron chi connectivity index (χ2n) is 18.8. The first-order chi connectivity index (χ1) is 31.1. The van der Waals surface area contributed by atoms with E-state index in [1.807, 2.05) is 68.4 Å². The van der Waals surface area contributed by atoms with Gasteiger partial charge in [0.1, 0.15) is 17.6 Å². The van der Waals surface area contributed by atoms with Gasteiger partial charge in [-0.1, -0.05) is 42.0 Å². The molecule has 16 heteroatoms. The Morgan fingerprint density at radius 2 is 1.72 bits per heavy atom. The molecule has 3 aromatic carbocycles. The third-order valence-electron chi connectivity index (χ3n) is 14.2. The van der Waals surface area contributed by atoms with Crippen LogP contribution in [-0.2, 0) is 25.4 Å². The van der Waals surface area contributed by atoms with E-state index in [0.717, 1.165) is 87.8 Å². The summed E-state index contributed by atoms with van der Waals surface area (Å²) < 4.78 is 29.9. The minimum Gasteiger partial charge on any atom is -0.506 e. The minimum absolute atomic E-state index is 0.00744. The minimum atomic E-state index is -3.68. The van der Waals surface area contributed by atoms with E-state index in [0.29, 0.717) is 59.7 Å². The molecule has 1 aliphatic carbocycles. The second-order valence-corrected chi connectivity index (χ2v) is 21.7. The lowest BCUT2D eigenvalue weighted by atomic mass is 9.82. The molecule has 2 aromatic heterocycles. The molecule has 6 heterocycles. The molecule has 3 saturated heterocycles. The summed E-state index contributed by atoms with van der Waals surface area (Å²) in [6.45, 7) is 7.69. The molecule has 14 nitrogen and oxygen atoms in total. The van der Waals surface area contributed by atoms with Gasteiger partial charge in [-0.25, -0.2) is 13.2 Å². The Labute approximate surface area is 380 Å². The Balaban J connectivity index is 0.790. The number of carboxylic acids is 1. The predicted molar refractivity (Wildman–Crippen MR) is 250 cm³/mol. The van der Waals surface area contributed by atoms with Crippen LogP contribution in [0.3, 0.4) is 0 Å². The van der Waals surface area contributed by atoms with Gasteiger partial charge < -0.3 is 25.4 Å². The number of fused-ring (bicyclic) bond motifs is 1. The molecule has 3 amide bonds. The van der Waals surface area contributed by atoms with Crippen LogP contribution in [0.4, 0.5) is 11.5 Å². The maximum Gasteiger partial charge on any atom is 0.349 e. The Kier molecular flexibility index (Phi) is 10.7. The summed E-state index contributed by atoms with van der Waals surface area (Å²) in [5.74, 6) is -0.998. The quantitative estimate of drug-likeness (QED) is 0.104. The molecule has 5 aliphatic rings. The van der Waals surface area contributed by atoms with Gasteiger partial charge in [-0.2, -0.15) is 4.31 Å². The van der Waals surface area contributed by atoms with E-state index in [1.165, 1.54) is 5.57 Å². The smallest absolute Gasteiger partial charge is 0.349 e. The normalized spacial score (nSPS) is 21.6. The number of benzene rings is 3. The molecule has 338 valence electrons. The van der Waals surface area contributed by atoms with Crippen LogP contribution in [-0.4, -0.2) is 93.8 Å². The lowest BCUT2D eigenvalue weighted by Gasteiger charge is -2.45. The van der Waals surface area contributed by atoms with Gasteiger partial charge in [0.15, 0.2) is 4.88 Å². The zero-order valence-electron chi connectivity index (χ0n) is 36.6. The van der Waals surface area contributed by atoms with Crippen LogP contribution < -0.4 is 26.0 Å². The molecule has 0 radical (unpaired) electrons. The topological polar surface area (TPSA) is 192 Å². The number of thiophene rings is 1. The Hall–Kier alpha value is -5.97. The van der Waals surface area contributed by atoms with Crippen LogP contribution in [0.1, 0.15) is 96.4 Å². The molecule has 0 saturated carbocycles. The van der Waals surface area contributed by atoms with Crippen molar-refractivity contribution in [3.8, 4) is 16.2 Å². The highest BCUT2D eigenvalue weighted by molar-refractivity contribution is 7.88. The number of aromatic nitrogens is 1. The van der Waals surface area contributed by atoms with Gasteiger partial charge in [-0.15, -0.1) is 11.3 Å². The van der Waals surface area contributed by atoms with Crippen molar-refractivity contribution >= 4 is 78.7 Å². The molecule has 0 bridgehead atoms. The molecule has 5 N–H and O–H groups in total. The number of carboxylic acid groups (broad SMARTS) is 1. The molecular formula is C49H52N6O8S2. The lowest BCUT2D eigenvalue weighted by molar-refractivity contribution is -0.136. The van der Waals surface area contributed by atoms with E-state index in [2.05, 4.69) is 32.7 Å². The standard InChI is InChI=1S/C49H52N6O8S2/c1-27-43(57)45(48(60)61)64-44(27)31-6-4-7-32(23-31)50-33-18-21-54(49(2,3)25-33)65(62,63)26-28-10-11-30-24-40(51-37(30)22-28)53-19-16-29(17-20-53)34-12-13-38-42-35(34)8-5-9-36(42)47(59)55(38)39-14-15-41(56)52-46(39)58/h4-11,22-24,29,33,39,50-51,57H,12-21,25-26H2,1-3H3,(H,60,61)(H,52,56,58). The van der Waals surface area contributed by atoms with Gasteiger partial charge in [-0.05, 0) is 118 Å². The number of imide groups is 1. The predicted octanol–water partition coefficient (Wildman–Crippen LogP) is 6.02. The fraction of sp³-hybridized carbons (Fsp3) is 0.388. The van der Waals surface area contributed by atoms with Crippen molar-refractivity contribution in [3.05, 3.63) is 98.7 Å². The summed E-state index contributed by atoms with van der Waals surface area (Å²) in [4.78, 5) is 58.2. The van der Waals surface area contributed by atoms with Crippen LogP contribution in [0.5, 0.6) is 5.75 Å². The first-order valence-corrected chi connectivity index (χ1v) is 24.8. The van der Waals surface area contributed by atoms with Crippen LogP contribution >= 0.6 is 11.3 Å². The van der Waals surface area contributed by atoms with E-state index in [-0.39, 0.29) is 40.7 Å². The number of rotatable bonds is 10. The molecule has 4 aliphatic heterocycles. The molecule has 2 atom stereocenters. The molecule has 5 aromatic rings. The third-order valence-corrected chi connectivity index (χ3v) is 17.5. The van der Waals surface area contributed by atoms with Crippen molar-refractivity contribution in [3.63, 3.8) is 0 Å². The highest BCUT2D eigenvalue weighted by Crippen LogP contribution is 2.42. The van der Waals surface area contributed by atoms with Gasteiger partial charge in [-0.3, -0.25) is 24.6 Å². The van der Waals surface area contributed by atoms with Gasteiger partial charge in [0.05, 0.1) is 5.75 Å². The first-order valence-electron chi connectivity index (χ1n) is 22.4. The van der Waals surface area contributed by atoms with Crippen molar-refractivity contribution in [2.75, 3.05) is 29.9 Å². The van der Waals surface area contributed by atoms with Gasteiger partial charge >= 0.3 is 5.97 Å². The maximum absolute atomic E-state index is 14.1. The summed E-state index contributed by atoms with van der Waals surface area (Å²) in [5.41, 5.74) is 6.01. The number of piperidine rings is 3. The monoisotopic (exact) mass is 916 g/mol. The number of aromatic hydroxyl groups is 1. The lowest BCUT2D eigenvalue weighted by Crippen LogP contribution is -2.55. The number of anilines is 2. The van der Waals surface area contributed by atoms with Crippen molar-refractivity contribution < 1.29 is 37.8 Å². The molecule has 0 spiro atoms. The van der Waals surface area contributed by atoms with Crippen LogP contribution in [0, 0.1) is 12.8 Å². The molecule has 65 heavy (non-hydrogen) atoms. The highest BCUT2D eigenvalue weighted by Gasteiger charge is 2.43. The Morgan fingerprint density at radius 1 is 0.938 bits per heavy atom. The van der Waals surface area contributed by atoms with Crippen molar-refractivity contribution in [1.29, 1.82) is 0 Å². The number of amides is 3. The number of sulfonamides is 1. The average molecular weight is 917 g/mol. The Bertz CT molecular complexity index is 3070. The van der Waals surface area contributed by atoms with Crippen LogP contribution in [0.25, 0.3) is 32.6 Å². The number of carbonyl (C=O) groups excluding carboxylic acids is 3. The van der Waals surface area contributed by atoms with E-state index < -0.39 is 33.5 Å². The summed E-state index contributed by atoms with van der Waals surface area (Å²) in [7, 11) is -3.68. The van der Waals surface area contributed by atoms with Crippen molar-refractivity contribution in [1.82, 2.24) is 19.5 Å². The summed E-state index contributed by atoms with van der Waals surface area (Å²) in [5, 5.41) is 29.0. The number of carbonyl (C=O) groups is 4.